The first-order valence-corrected chi connectivity index (χ1v) is 5.82. The zero-order valence-corrected chi connectivity index (χ0v) is 12.8. The van der Waals surface area contributed by atoms with E-state index in [-0.39, 0.29) is 17.1 Å². The van der Waals surface area contributed by atoms with Crippen LogP contribution in [0.15, 0.2) is 0 Å². The van der Waals surface area contributed by atoms with Crippen LogP contribution in [-0.4, -0.2) is 86.3 Å². The van der Waals surface area contributed by atoms with E-state index in [1.54, 1.807) is 0 Å². The molecule has 0 spiro atoms. The Bertz CT molecular complexity index is 385. The second-order valence-corrected chi connectivity index (χ2v) is 4.27. The molecule has 0 saturated heterocycles. The number of aliphatic carboxylic acids is 4. The van der Waals surface area contributed by atoms with Crippen LogP contribution >= 0.6 is 0 Å². The molecule has 1 atom stereocenters. The van der Waals surface area contributed by atoms with Crippen LogP contribution < -0.4 is 0 Å². The number of nitrogens with zero attached hydrogens (tertiary/aromatic N) is 2. The third-order valence-electron chi connectivity index (χ3n) is 2.36. The molecule has 0 saturated carbocycles. The third kappa shape index (κ3) is 11.0. The van der Waals surface area contributed by atoms with Gasteiger partial charge in [0.25, 0.3) is 0 Å². The maximum absolute atomic E-state index is 10.7. The molecule has 0 aliphatic heterocycles. The van der Waals surface area contributed by atoms with Gasteiger partial charge in [-0.2, -0.15) is 0 Å². The molecule has 0 aliphatic carbocycles. The van der Waals surface area contributed by atoms with E-state index in [1.807, 2.05) is 0 Å². The van der Waals surface area contributed by atoms with Crippen LogP contribution in [0.5, 0.6) is 0 Å². The molecule has 11 heteroatoms. The molecule has 0 heterocycles. The van der Waals surface area contributed by atoms with E-state index in [2.05, 4.69) is 0 Å². The third-order valence-corrected chi connectivity index (χ3v) is 2.36. The normalized spacial score (nSPS) is 11.8. The summed E-state index contributed by atoms with van der Waals surface area (Å²) in [7, 11) is 0. The summed E-state index contributed by atoms with van der Waals surface area (Å²) < 4.78 is 0. The van der Waals surface area contributed by atoms with Crippen molar-refractivity contribution in [2.24, 2.45) is 0 Å². The van der Waals surface area contributed by atoms with Gasteiger partial charge in [0.15, 0.2) is 0 Å². The molecule has 0 rings (SSSR count). The SMILES string of the molecule is CC([CH-]N(CC(=O)O)CC(=O)O)N(CC(=O)O)CC(=O)O.[Fe]. The van der Waals surface area contributed by atoms with Crippen LogP contribution in [-0.2, 0) is 36.2 Å². The molecule has 10 nitrogen and oxygen atoms in total. The van der Waals surface area contributed by atoms with Crippen molar-refractivity contribution < 1.29 is 56.7 Å². The predicted molar refractivity (Wildman–Crippen MR) is 67.5 cm³/mol. The van der Waals surface area contributed by atoms with Gasteiger partial charge in [-0.05, 0) is 0 Å². The van der Waals surface area contributed by atoms with Crippen molar-refractivity contribution in [3.8, 4) is 0 Å². The van der Waals surface area contributed by atoms with Gasteiger partial charge < -0.3 is 30.2 Å². The van der Waals surface area contributed by atoms with Gasteiger partial charge in [0.2, 0.25) is 0 Å². The second-order valence-electron chi connectivity index (χ2n) is 4.27. The van der Waals surface area contributed by atoms with E-state index in [1.165, 1.54) is 13.5 Å². The summed E-state index contributed by atoms with van der Waals surface area (Å²) >= 11 is 0. The first-order chi connectivity index (χ1) is 9.61. The smallest absolute Gasteiger partial charge is 0.317 e. The number of carboxylic acid groups (broad SMARTS) is 4. The largest absolute Gasteiger partial charge is 0.480 e. The Labute approximate surface area is 136 Å². The van der Waals surface area contributed by atoms with E-state index in [4.69, 9.17) is 20.4 Å². The number of carboxylic acids is 4. The first kappa shape index (κ1) is 22.6. The molecule has 0 amide bonds. The minimum atomic E-state index is -1.26. The summed E-state index contributed by atoms with van der Waals surface area (Å²) in [5, 5.41) is 34.8. The molecule has 0 bridgehead atoms. The molecule has 0 aromatic rings. The average Bonchev–Trinajstić information content (AvgIpc) is 2.24. The fraction of sp³-hybridized carbons (Fsp3) is 0.545. The fourth-order valence-electron chi connectivity index (χ4n) is 1.60. The van der Waals surface area contributed by atoms with E-state index in [0.717, 1.165) is 9.80 Å². The van der Waals surface area contributed by atoms with E-state index in [9.17, 15) is 19.2 Å². The van der Waals surface area contributed by atoms with Gasteiger partial charge in [-0.3, -0.25) is 19.2 Å². The maximum atomic E-state index is 10.7. The Morgan fingerprint density at radius 2 is 1.14 bits per heavy atom. The average molecular weight is 361 g/mol. The standard InChI is InChI=1S/C11H17N2O8.Fe/c1-7(13(5-10(18)19)6-11(20)21)2-12(3-8(14)15)4-9(16)17;/h2,7H,3-6H2,1H3,(H,14,15)(H,16,17)(H,18,19)(H,20,21);/q-1;. The first-order valence-electron chi connectivity index (χ1n) is 5.82. The number of hydrogen-bond acceptors (Lipinski definition) is 6. The molecule has 0 aromatic heterocycles. The van der Waals surface area contributed by atoms with Crippen molar-refractivity contribution >= 4 is 23.9 Å². The van der Waals surface area contributed by atoms with Crippen LogP contribution in [0.25, 0.3) is 0 Å². The maximum Gasteiger partial charge on any atom is 0.317 e. The predicted octanol–water partition coefficient (Wildman–Crippen LogP) is -1.52. The Morgan fingerprint density at radius 1 is 0.818 bits per heavy atom. The van der Waals surface area contributed by atoms with Gasteiger partial charge in [-0.1, -0.05) is 6.92 Å². The Morgan fingerprint density at radius 3 is 1.41 bits per heavy atom. The zero-order chi connectivity index (χ0) is 16.6. The fourth-order valence-corrected chi connectivity index (χ4v) is 1.60. The Hall–Kier alpha value is -1.68. The van der Waals surface area contributed by atoms with Crippen LogP contribution in [0.2, 0.25) is 0 Å². The summed E-state index contributed by atoms with van der Waals surface area (Å²) in [4.78, 5) is 44.7. The minimum Gasteiger partial charge on any atom is -0.480 e. The summed E-state index contributed by atoms with van der Waals surface area (Å²) in [5.41, 5.74) is 0. The summed E-state index contributed by atoms with van der Waals surface area (Å²) in [6.45, 7) is 0.307. The molecule has 22 heavy (non-hydrogen) atoms. The molecule has 1 unspecified atom stereocenters. The zero-order valence-electron chi connectivity index (χ0n) is 11.7. The topological polar surface area (TPSA) is 156 Å². The Balaban J connectivity index is 0. The van der Waals surface area contributed by atoms with Crippen molar-refractivity contribution in [2.45, 2.75) is 13.0 Å². The summed E-state index contributed by atoms with van der Waals surface area (Å²) in [6, 6.07) is -0.768. The van der Waals surface area contributed by atoms with E-state index in [0.29, 0.717) is 0 Å². The van der Waals surface area contributed by atoms with E-state index >= 15 is 0 Å². The molecular weight excluding hydrogens is 344 g/mol. The van der Waals surface area contributed by atoms with Gasteiger partial charge in [-0.25, -0.2) is 6.54 Å². The van der Waals surface area contributed by atoms with Crippen molar-refractivity contribution in [1.82, 2.24) is 9.80 Å². The van der Waals surface area contributed by atoms with Gasteiger partial charge >= 0.3 is 23.9 Å². The molecule has 0 aromatic carbocycles. The molecule has 0 radical (unpaired) electrons. The van der Waals surface area contributed by atoms with Gasteiger partial charge in [-0.15, -0.1) is 6.04 Å². The summed E-state index contributed by atoms with van der Waals surface area (Å²) in [5.74, 6) is -5.02. The number of hydrogen-bond donors (Lipinski definition) is 4. The van der Waals surface area contributed by atoms with Crippen LogP contribution in [0.4, 0.5) is 0 Å². The molecular formula is C11H17FeN2O8-. The number of rotatable bonds is 11. The summed E-state index contributed by atoms with van der Waals surface area (Å²) in [6.07, 6.45) is 0. The molecule has 4 N–H and O–H groups in total. The minimum absolute atomic E-state index is 0. The van der Waals surface area contributed by atoms with Crippen molar-refractivity contribution in [3.05, 3.63) is 6.54 Å². The van der Waals surface area contributed by atoms with Gasteiger partial charge in [0, 0.05) is 17.1 Å². The Kier molecular flexibility index (Phi) is 11.3. The van der Waals surface area contributed by atoms with Crippen molar-refractivity contribution in [1.29, 1.82) is 0 Å². The van der Waals surface area contributed by atoms with Crippen LogP contribution in [0, 0.1) is 6.54 Å². The molecule has 0 fully saturated rings. The quantitative estimate of drug-likeness (QED) is 0.252. The van der Waals surface area contributed by atoms with Gasteiger partial charge in [0.1, 0.15) is 0 Å². The van der Waals surface area contributed by atoms with Crippen LogP contribution in [0.1, 0.15) is 6.92 Å². The van der Waals surface area contributed by atoms with E-state index < -0.39 is 56.1 Å². The van der Waals surface area contributed by atoms with Crippen molar-refractivity contribution in [2.75, 3.05) is 26.2 Å². The molecule has 0 aliphatic rings. The van der Waals surface area contributed by atoms with Gasteiger partial charge in [0.05, 0.1) is 26.2 Å². The molecule has 128 valence electrons. The number of carbonyl (C=O) groups is 4. The monoisotopic (exact) mass is 361 g/mol. The second kappa shape index (κ2) is 11.0. The van der Waals surface area contributed by atoms with Crippen molar-refractivity contribution in [3.63, 3.8) is 0 Å². The van der Waals surface area contributed by atoms with Crippen LogP contribution in [0.3, 0.4) is 0 Å².